The van der Waals surface area contributed by atoms with Gasteiger partial charge in [0.1, 0.15) is 11.2 Å². The molecule has 0 bridgehead atoms. The number of benzene rings is 8. The van der Waals surface area contributed by atoms with Crippen LogP contribution >= 0.6 is 0 Å². The lowest BCUT2D eigenvalue weighted by atomic mass is 9.63. The third-order valence-corrected chi connectivity index (χ3v) is 11.8. The van der Waals surface area contributed by atoms with Crippen molar-refractivity contribution in [1.82, 2.24) is 15.0 Å². The van der Waals surface area contributed by atoms with Gasteiger partial charge in [-0.2, -0.15) is 0 Å². The van der Waals surface area contributed by atoms with Crippen molar-refractivity contribution in [2.45, 2.75) is 25.0 Å². The minimum absolute atomic E-state index is 0.578. The molecule has 0 spiro atoms. The van der Waals surface area contributed by atoms with Crippen LogP contribution in [0.15, 0.2) is 199 Å². The number of aromatic nitrogens is 1. The van der Waals surface area contributed by atoms with Crippen molar-refractivity contribution < 1.29 is 4.42 Å². The van der Waals surface area contributed by atoms with E-state index in [-0.39, 0.29) is 0 Å². The van der Waals surface area contributed by atoms with Gasteiger partial charge in [-0.1, -0.05) is 176 Å². The molecular weight excluding hydrogens is 683 g/mol. The summed E-state index contributed by atoms with van der Waals surface area (Å²) in [7, 11) is 0. The lowest BCUT2D eigenvalue weighted by Crippen LogP contribution is -2.36. The van der Waals surface area contributed by atoms with Crippen molar-refractivity contribution in [3.8, 4) is 5.69 Å². The highest BCUT2D eigenvalue weighted by Gasteiger charge is 2.46. The number of hydrogen-bond acceptors (Lipinski definition) is 3. The average molecular weight is 722 g/mol. The van der Waals surface area contributed by atoms with Crippen molar-refractivity contribution in [3.05, 3.63) is 233 Å². The summed E-state index contributed by atoms with van der Waals surface area (Å²) >= 11 is 0. The Hall–Kier alpha value is -6.72. The van der Waals surface area contributed by atoms with Gasteiger partial charge in [0.2, 0.25) is 0 Å². The molecule has 2 aromatic heterocycles. The minimum atomic E-state index is -0.578. The summed E-state index contributed by atoms with van der Waals surface area (Å²) < 4.78 is 9.74. The second-order valence-electron chi connectivity index (χ2n) is 14.9. The Morgan fingerprint density at radius 3 is 1.84 bits per heavy atom. The van der Waals surface area contributed by atoms with Crippen LogP contribution in [0, 0.1) is 0 Å². The molecule has 0 radical (unpaired) electrons. The molecule has 56 heavy (non-hydrogen) atoms. The molecular formula is C52H39N3O. The van der Waals surface area contributed by atoms with Gasteiger partial charge in [0.05, 0.1) is 27.5 Å². The van der Waals surface area contributed by atoms with Gasteiger partial charge >= 0.3 is 0 Å². The SMILES string of the molecule is c1ccc(CNN(Cc2ccccc2)Cc2cccc3c2oc2c3cc3c4c2c2ccccc2n4-c2ccccc2C3(c2ccccc2)c2ccccc2)cc1. The zero-order valence-corrected chi connectivity index (χ0v) is 30.9. The number of para-hydroxylation sites is 3. The molecule has 1 aliphatic heterocycles. The van der Waals surface area contributed by atoms with Gasteiger partial charge in [-0.25, -0.2) is 5.01 Å². The summed E-state index contributed by atoms with van der Waals surface area (Å²) in [5.74, 6) is 0. The second kappa shape index (κ2) is 13.2. The first-order valence-electron chi connectivity index (χ1n) is 19.5. The Bertz CT molecular complexity index is 2980. The largest absolute Gasteiger partial charge is 0.455 e. The van der Waals surface area contributed by atoms with E-state index in [0.717, 1.165) is 46.0 Å². The van der Waals surface area contributed by atoms with Crippen molar-refractivity contribution in [2.24, 2.45) is 0 Å². The van der Waals surface area contributed by atoms with Gasteiger partial charge in [-0.3, -0.25) is 5.43 Å². The van der Waals surface area contributed by atoms with E-state index in [1.165, 1.54) is 55.5 Å². The summed E-state index contributed by atoms with van der Waals surface area (Å²) in [4.78, 5) is 0. The first-order valence-corrected chi connectivity index (χ1v) is 19.5. The zero-order valence-electron chi connectivity index (χ0n) is 30.9. The third kappa shape index (κ3) is 5.00. The van der Waals surface area contributed by atoms with Gasteiger partial charge in [-0.15, -0.1) is 0 Å². The van der Waals surface area contributed by atoms with E-state index >= 15 is 0 Å². The maximum absolute atomic E-state index is 7.26. The lowest BCUT2D eigenvalue weighted by molar-refractivity contribution is 0.165. The Balaban J connectivity index is 1.18. The average Bonchev–Trinajstić information content (AvgIpc) is 3.82. The number of nitrogens with zero attached hydrogens (tertiary/aromatic N) is 2. The quantitative estimate of drug-likeness (QED) is 0.151. The molecule has 8 aromatic carbocycles. The highest BCUT2D eigenvalue weighted by Crippen LogP contribution is 2.56. The first-order chi connectivity index (χ1) is 27.8. The molecule has 3 heterocycles. The van der Waals surface area contributed by atoms with Crippen molar-refractivity contribution >= 4 is 43.7 Å². The molecule has 0 saturated heterocycles. The molecule has 1 N–H and O–H groups in total. The molecule has 0 saturated carbocycles. The Kier molecular flexibility index (Phi) is 7.73. The van der Waals surface area contributed by atoms with E-state index in [9.17, 15) is 0 Å². The summed E-state index contributed by atoms with van der Waals surface area (Å²) in [6.45, 7) is 2.15. The fourth-order valence-corrected chi connectivity index (χ4v) is 9.40. The third-order valence-electron chi connectivity index (χ3n) is 11.8. The molecule has 1 aliphatic rings. The van der Waals surface area contributed by atoms with Crippen molar-refractivity contribution in [1.29, 1.82) is 0 Å². The van der Waals surface area contributed by atoms with Crippen LogP contribution in [-0.4, -0.2) is 9.58 Å². The summed E-state index contributed by atoms with van der Waals surface area (Å²) in [5.41, 5.74) is 17.3. The van der Waals surface area contributed by atoms with E-state index in [2.05, 4.69) is 209 Å². The molecule has 0 atom stereocenters. The predicted molar refractivity (Wildman–Crippen MR) is 229 cm³/mol. The number of fused-ring (bicyclic) bond motifs is 9. The number of furan rings is 1. The van der Waals surface area contributed by atoms with Gasteiger partial charge in [0.25, 0.3) is 0 Å². The van der Waals surface area contributed by atoms with Gasteiger partial charge < -0.3 is 8.98 Å². The van der Waals surface area contributed by atoms with Crippen molar-refractivity contribution in [3.63, 3.8) is 0 Å². The first kappa shape index (κ1) is 32.7. The summed E-state index contributed by atoms with van der Waals surface area (Å²) in [6.07, 6.45) is 0. The van der Waals surface area contributed by atoms with E-state index in [4.69, 9.17) is 4.42 Å². The molecule has 0 fully saturated rings. The maximum Gasteiger partial charge on any atom is 0.145 e. The van der Waals surface area contributed by atoms with Crippen LogP contribution < -0.4 is 5.43 Å². The van der Waals surface area contributed by atoms with E-state index in [1.807, 2.05) is 0 Å². The van der Waals surface area contributed by atoms with Crippen LogP contribution in [0.4, 0.5) is 0 Å². The van der Waals surface area contributed by atoms with E-state index in [1.54, 1.807) is 0 Å². The molecule has 10 aromatic rings. The van der Waals surface area contributed by atoms with Crippen LogP contribution in [0.25, 0.3) is 49.4 Å². The fraction of sp³-hybridized carbons (Fsp3) is 0.0769. The number of nitrogens with one attached hydrogen (secondary N) is 1. The van der Waals surface area contributed by atoms with Crippen LogP contribution in [0.5, 0.6) is 0 Å². The molecule has 4 heteroatoms. The minimum Gasteiger partial charge on any atom is -0.455 e. The number of hydrogen-bond donors (Lipinski definition) is 1. The normalized spacial score (nSPS) is 13.2. The van der Waals surface area contributed by atoms with Crippen molar-refractivity contribution in [2.75, 3.05) is 0 Å². The molecule has 0 aliphatic carbocycles. The zero-order chi connectivity index (χ0) is 37.1. The number of rotatable bonds is 9. The predicted octanol–water partition coefficient (Wildman–Crippen LogP) is 12.1. The summed E-state index contributed by atoms with van der Waals surface area (Å²) in [5, 5.41) is 6.93. The van der Waals surface area contributed by atoms with Crippen LogP contribution in [0.3, 0.4) is 0 Å². The smallest absolute Gasteiger partial charge is 0.145 e. The standard InChI is InChI=1S/C52H39N3O/c1-5-18-36(19-6-1)33-53-54(34-37-20-7-2-8-21-37)35-38-22-17-28-41-43-32-45-49-48(51(43)56-50(38)41)42-27-13-15-30-46(42)55(49)47-31-16-14-29-44(47)52(45,39-23-9-3-10-24-39)40-25-11-4-12-26-40/h1-32,53H,33-35H2. The summed E-state index contributed by atoms with van der Waals surface area (Å²) in [6, 6.07) is 70.3. The fourth-order valence-electron chi connectivity index (χ4n) is 9.40. The highest BCUT2D eigenvalue weighted by molar-refractivity contribution is 6.26. The Morgan fingerprint density at radius 1 is 0.500 bits per heavy atom. The Morgan fingerprint density at radius 2 is 1.11 bits per heavy atom. The topological polar surface area (TPSA) is 33.3 Å². The maximum atomic E-state index is 7.26. The lowest BCUT2D eigenvalue weighted by Gasteiger charge is -2.41. The van der Waals surface area contributed by atoms with E-state index < -0.39 is 5.41 Å². The van der Waals surface area contributed by atoms with Crippen LogP contribution in [0.1, 0.15) is 38.9 Å². The monoisotopic (exact) mass is 721 g/mol. The highest BCUT2D eigenvalue weighted by atomic mass is 16.3. The Labute approximate surface area is 325 Å². The molecule has 0 unspecified atom stereocenters. The van der Waals surface area contributed by atoms with Gasteiger partial charge in [0, 0.05) is 41.4 Å². The van der Waals surface area contributed by atoms with Crippen LogP contribution in [0.2, 0.25) is 0 Å². The van der Waals surface area contributed by atoms with E-state index in [0.29, 0.717) is 6.54 Å². The number of hydrazine groups is 1. The molecule has 268 valence electrons. The molecule has 11 rings (SSSR count). The second-order valence-corrected chi connectivity index (χ2v) is 14.9. The van der Waals surface area contributed by atoms with Gasteiger partial charge in [-0.05, 0) is 51.6 Å². The van der Waals surface area contributed by atoms with Crippen LogP contribution in [-0.2, 0) is 25.0 Å². The molecule has 4 nitrogen and oxygen atoms in total. The van der Waals surface area contributed by atoms with Gasteiger partial charge in [0.15, 0.2) is 0 Å². The molecule has 0 amide bonds.